The molecule has 0 saturated carbocycles. The van der Waals surface area contributed by atoms with E-state index in [-0.39, 0.29) is 17.6 Å². The molecule has 2 fully saturated rings. The van der Waals surface area contributed by atoms with Gasteiger partial charge >= 0.3 is 0 Å². The molecule has 7 nitrogen and oxygen atoms in total. The van der Waals surface area contributed by atoms with E-state index in [1.54, 1.807) is 24.7 Å². The number of hydrogen-bond acceptors (Lipinski definition) is 4. The van der Waals surface area contributed by atoms with Gasteiger partial charge < -0.3 is 14.8 Å². The minimum absolute atomic E-state index is 0.00655. The Kier molecular flexibility index (Phi) is 6.90. The van der Waals surface area contributed by atoms with Gasteiger partial charge in [-0.25, -0.2) is 9.37 Å². The van der Waals surface area contributed by atoms with Crippen molar-refractivity contribution >= 4 is 11.8 Å². The van der Waals surface area contributed by atoms with Gasteiger partial charge in [0.05, 0.1) is 12.5 Å². The van der Waals surface area contributed by atoms with E-state index < -0.39 is 0 Å². The van der Waals surface area contributed by atoms with Crippen molar-refractivity contribution in [3.8, 4) is 11.1 Å². The van der Waals surface area contributed by atoms with E-state index in [4.69, 9.17) is 0 Å². The second-order valence-electron chi connectivity index (χ2n) is 9.23. The zero-order valence-corrected chi connectivity index (χ0v) is 19.7. The lowest BCUT2D eigenvalue weighted by atomic mass is 9.99. The summed E-state index contributed by atoms with van der Waals surface area (Å²) >= 11 is 0. The highest BCUT2D eigenvalue weighted by Crippen LogP contribution is 2.26. The van der Waals surface area contributed by atoms with Gasteiger partial charge in [-0.1, -0.05) is 36.4 Å². The van der Waals surface area contributed by atoms with Crippen molar-refractivity contribution in [1.29, 1.82) is 0 Å². The van der Waals surface area contributed by atoms with Crippen molar-refractivity contribution in [3.63, 3.8) is 0 Å². The van der Waals surface area contributed by atoms with E-state index in [1.165, 1.54) is 12.1 Å². The van der Waals surface area contributed by atoms with Gasteiger partial charge in [-0.05, 0) is 41.7 Å². The average Bonchev–Trinajstić information content (AvgIpc) is 3.23. The second-order valence-corrected chi connectivity index (χ2v) is 9.23. The van der Waals surface area contributed by atoms with Crippen LogP contribution in [0.3, 0.4) is 0 Å². The van der Waals surface area contributed by atoms with Crippen LogP contribution in [0.5, 0.6) is 0 Å². The summed E-state index contributed by atoms with van der Waals surface area (Å²) in [6.45, 7) is 4.23. The second kappa shape index (κ2) is 10.4. The molecule has 0 radical (unpaired) electrons. The molecule has 0 bridgehead atoms. The zero-order chi connectivity index (χ0) is 24.2. The summed E-state index contributed by atoms with van der Waals surface area (Å²) in [4.78, 5) is 33.6. The van der Waals surface area contributed by atoms with Crippen LogP contribution >= 0.6 is 0 Å². The van der Waals surface area contributed by atoms with E-state index in [0.717, 1.165) is 42.6 Å². The first-order valence-corrected chi connectivity index (χ1v) is 12.2. The standard InChI is InChI=1S/C27H30FN5O2/c28-22-7-5-20(6-8-22)24-4-2-1-3-21(24)18-33-19-29-17-25(33)27(35)32-13-9-23(10-14-32)31-15-11-26(34)30-12-16-31/h1-8,17,19,23H,9-16,18H2,(H,30,34). The molecule has 1 aromatic heterocycles. The summed E-state index contributed by atoms with van der Waals surface area (Å²) in [7, 11) is 0. The average molecular weight is 476 g/mol. The monoisotopic (exact) mass is 475 g/mol. The largest absolute Gasteiger partial charge is 0.355 e. The number of aromatic nitrogens is 2. The molecule has 35 heavy (non-hydrogen) atoms. The summed E-state index contributed by atoms with van der Waals surface area (Å²) in [6, 6.07) is 14.8. The molecule has 182 valence electrons. The fraction of sp³-hybridized carbons (Fsp3) is 0.370. The Bertz CT molecular complexity index is 1180. The molecule has 2 saturated heterocycles. The van der Waals surface area contributed by atoms with Crippen molar-refractivity contribution in [3.05, 3.63) is 78.1 Å². The third-order valence-corrected chi connectivity index (χ3v) is 7.06. The Morgan fingerprint density at radius 2 is 1.80 bits per heavy atom. The normalized spacial score (nSPS) is 17.7. The molecular formula is C27H30FN5O2. The van der Waals surface area contributed by atoms with Crippen LogP contribution in [0.2, 0.25) is 0 Å². The number of nitrogens with zero attached hydrogens (tertiary/aromatic N) is 4. The van der Waals surface area contributed by atoms with Crippen molar-refractivity contribution < 1.29 is 14.0 Å². The maximum absolute atomic E-state index is 13.4. The summed E-state index contributed by atoms with van der Waals surface area (Å²) in [6.07, 6.45) is 5.68. The lowest BCUT2D eigenvalue weighted by Gasteiger charge is -2.38. The van der Waals surface area contributed by atoms with Crippen LogP contribution in [0.4, 0.5) is 4.39 Å². The molecule has 2 aromatic carbocycles. The maximum Gasteiger partial charge on any atom is 0.272 e. The Labute approximate surface area is 204 Å². The van der Waals surface area contributed by atoms with Gasteiger partial charge in [0.15, 0.2) is 0 Å². The fourth-order valence-corrected chi connectivity index (χ4v) is 5.12. The number of benzene rings is 2. The Morgan fingerprint density at radius 3 is 2.60 bits per heavy atom. The number of imidazole rings is 1. The van der Waals surface area contributed by atoms with E-state index >= 15 is 0 Å². The number of carbonyl (C=O) groups excluding carboxylic acids is 2. The van der Waals surface area contributed by atoms with Crippen LogP contribution in [0.15, 0.2) is 61.1 Å². The first-order valence-electron chi connectivity index (χ1n) is 12.2. The van der Waals surface area contributed by atoms with E-state index in [0.29, 0.717) is 44.3 Å². The predicted molar refractivity (Wildman–Crippen MR) is 131 cm³/mol. The highest BCUT2D eigenvalue weighted by atomic mass is 19.1. The van der Waals surface area contributed by atoms with Crippen LogP contribution < -0.4 is 5.32 Å². The van der Waals surface area contributed by atoms with Crippen LogP contribution in [0.25, 0.3) is 11.1 Å². The van der Waals surface area contributed by atoms with Crippen LogP contribution in [-0.2, 0) is 11.3 Å². The number of carbonyl (C=O) groups is 2. The number of nitrogens with one attached hydrogen (secondary N) is 1. The Hall–Kier alpha value is -3.52. The summed E-state index contributed by atoms with van der Waals surface area (Å²) in [5.74, 6) is -0.152. The van der Waals surface area contributed by atoms with Crippen molar-refractivity contribution in [2.24, 2.45) is 0 Å². The highest BCUT2D eigenvalue weighted by molar-refractivity contribution is 5.92. The molecule has 3 heterocycles. The van der Waals surface area contributed by atoms with Gasteiger partial charge in [-0.3, -0.25) is 14.5 Å². The Balaban J connectivity index is 1.26. The summed E-state index contributed by atoms with van der Waals surface area (Å²) in [5.41, 5.74) is 3.55. The summed E-state index contributed by atoms with van der Waals surface area (Å²) < 4.78 is 15.3. The van der Waals surface area contributed by atoms with Crippen molar-refractivity contribution in [2.45, 2.75) is 31.8 Å². The third-order valence-electron chi connectivity index (χ3n) is 7.06. The van der Waals surface area contributed by atoms with Crippen molar-refractivity contribution in [1.82, 2.24) is 24.7 Å². The number of likely N-dealkylation sites (tertiary alicyclic amines) is 1. The van der Waals surface area contributed by atoms with Gasteiger partial charge in [0, 0.05) is 51.7 Å². The third kappa shape index (κ3) is 5.27. The van der Waals surface area contributed by atoms with E-state index in [2.05, 4.69) is 15.2 Å². The van der Waals surface area contributed by atoms with E-state index in [9.17, 15) is 14.0 Å². The van der Waals surface area contributed by atoms with Gasteiger partial charge in [-0.15, -0.1) is 0 Å². The number of halogens is 1. The van der Waals surface area contributed by atoms with Gasteiger partial charge in [-0.2, -0.15) is 0 Å². The molecule has 0 aliphatic carbocycles. The first-order chi connectivity index (χ1) is 17.1. The first kappa shape index (κ1) is 23.2. The van der Waals surface area contributed by atoms with Crippen LogP contribution in [0, 0.1) is 5.82 Å². The predicted octanol–water partition coefficient (Wildman–Crippen LogP) is 3.16. The summed E-state index contributed by atoms with van der Waals surface area (Å²) in [5, 5.41) is 2.93. The molecule has 8 heteroatoms. The fourth-order valence-electron chi connectivity index (χ4n) is 5.12. The SMILES string of the molecule is O=C1CCN(C2CCN(C(=O)c3cncn3Cc3ccccc3-c3ccc(F)cc3)CC2)CCN1. The van der Waals surface area contributed by atoms with Gasteiger partial charge in [0.25, 0.3) is 5.91 Å². The smallest absolute Gasteiger partial charge is 0.272 e. The molecule has 5 rings (SSSR count). The topological polar surface area (TPSA) is 70.5 Å². The molecule has 0 unspecified atom stereocenters. The van der Waals surface area contributed by atoms with Gasteiger partial charge in [0.2, 0.25) is 5.91 Å². The van der Waals surface area contributed by atoms with E-state index in [1.807, 2.05) is 33.7 Å². The zero-order valence-electron chi connectivity index (χ0n) is 19.7. The highest BCUT2D eigenvalue weighted by Gasteiger charge is 2.29. The quantitative estimate of drug-likeness (QED) is 0.616. The van der Waals surface area contributed by atoms with Crippen LogP contribution in [-0.4, -0.2) is 69.9 Å². The lowest BCUT2D eigenvalue weighted by Crippen LogP contribution is -2.47. The Morgan fingerprint density at radius 1 is 1.03 bits per heavy atom. The number of rotatable bonds is 5. The molecule has 3 aromatic rings. The number of piperidine rings is 1. The molecule has 2 aliphatic heterocycles. The molecule has 2 amide bonds. The maximum atomic E-state index is 13.4. The van der Waals surface area contributed by atoms with Crippen molar-refractivity contribution in [2.75, 3.05) is 32.7 Å². The number of amides is 2. The molecular weight excluding hydrogens is 445 g/mol. The van der Waals surface area contributed by atoms with Gasteiger partial charge in [0.1, 0.15) is 11.5 Å². The molecule has 1 N–H and O–H groups in total. The minimum Gasteiger partial charge on any atom is -0.355 e. The van der Waals surface area contributed by atoms with Crippen LogP contribution in [0.1, 0.15) is 35.3 Å². The molecule has 0 atom stereocenters. The minimum atomic E-state index is -0.265. The molecule has 0 spiro atoms. The lowest BCUT2D eigenvalue weighted by molar-refractivity contribution is -0.120. The molecule has 2 aliphatic rings. The number of hydrogen-bond donors (Lipinski definition) is 1.